The predicted molar refractivity (Wildman–Crippen MR) is 73.9 cm³/mol. The molecular weight excluding hydrogens is 248 g/mol. The number of hydrogen-bond donors (Lipinski definition) is 4. The third-order valence-electron chi connectivity index (χ3n) is 2.47. The number of benzene rings is 2. The zero-order valence-electron chi connectivity index (χ0n) is 9.63. The number of aromatic hydroxyl groups is 1. The van der Waals surface area contributed by atoms with Gasteiger partial charge < -0.3 is 15.3 Å². The van der Waals surface area contributed by atoms with Crippen LogP contribution in [0.4, 0.5) is 5.69 Å². The van der Waals surface area contributed by atoms with Crippen molar-refractivity contribution in [2.24, 2.45) is 5.84 Å². The molecule has 0 unspecified atom stereocenters. The molecule has 4 nitrogen and oxygen atoms in total. The van der Waals surface area contributed by atoms with Crippen molar-refractivity contribution in [2.75, 3.05) is 5.43 Å². The molecule has 0 aliphatic rings. The Hall–Kier alpha value is -1.85. The first-order chi connectivity index (χ1) is 8.69. The summed E-state index contributed by atoms with van der Waals surface area (Å²) in [7, 11) is 0. The molecule has 18 heavy (non-hydrogen) atoms. The highest BCUT2D eigenvalue weighted by Gasteiger charge is 2.01. The molecule has 0 saturated heterocycles. The lowest BCUT2D eigenvalue weighted by Gasteiger charge is -2.09. The highest BCUT2D eigenvalue weighted by atomic mass is 32.1. The van der Waals surface area contributed by atoms with Crippen LogP contribution < -0.4 is 16.0 Å². The van der Waals surface area contributed by atoms with E-state index in [2.05, 4.69) is 18.1 Å². The molecule has 2 aromatic rings. The zero-order chi connectivity index (χ0) is 13.0. The molecule has 0 spiro atoms. The molecule has 0 radical (unpaired) electrons. The Bertz CT molecular complexity index is 529. The molecule has 0 amide bonds. The molecule has 4 N–H and O–H groups in total. The van der Waals surface area contributed by atoms with Gasteiger partial charge in [0.25, 0.3) is 0 Å². The fourth-order valence-electron chi connectivity index (χ4n) is 1.48. The minimum Gasteiger partial charge on any atom is -0.508 e. The Morgan fingerprint density at radius 2 is 1.89 bits per heavy atom. The molecule has 0 atom stereocenters. The summed E-state index contributed by atoms with van der Waals surface area (Å²) in [5.74, 6) is 6.28. The molecule has 5 heteroatoms. The van der Waals surface area contributed by atoms with Crippen molar-refractivity contribution < 1.29 is 9.84 Å². The Morgan fingerprint density at radius 1 is 1.17 bits per heavy atom. The van der Waals surface area contributed by atoms with Crippen LogP contribution in [-0.2, 0) is 6.61 Å². The van der Waals surface area contributed by atoms with Gasteiger partial charge in [0.1, 0.15) is 18.1 Å². The number of nitrogens with two attached hydrogens (primary N) is 1. The number of hydrogen-bond acceptors (Lipinski definition) is 5. The summed E-state index contributed by atoms with van der Waals surface area (Å²) < 4.78 is 5.61. The average Bonchev–Trinajstić information content (AvgIpc) is 2.38. The van der Waals surface area contributed by atoms with Crippen molar-refractivity contribution in [3.05, 3.63) is 48.0 Å². The lowest BCUT2D eigenvalue weighted by molar-refractivity contribution is 0.305. The minimum atomic E-state index is 0.245. The summed E-state index contributed by atoms with van der Waals surface area (Å²) in [5, 5.41) is 9.17. The van der Waals surface area contributed by atoms with Crippen LogP contribution in [0.2, 0.25) is 0 Å². The third-order valence-corrected chi connectivity index (χ3v) is 2.84. The second-order valence-corrected chi connectivity index (χ2v) is 4.26. The number of rotatable bonds is 4. The molecule has 2 rings (SSSR count). The van der Waals surface area contributed by atoms with Crippen LogP contribution in [0.5, 0.6) is 11.5 Å². The maximum atomic E-state index is 9.17. The lowest BCUT2D eigenvalue weighted by atomic mass is 10.2. The number of thiol groups is 1. The summed E-state index contributed by atoms with van der Waals surface area (Å²) in [6, 6.07) is 12.3. The van der Waals surface area contributed by atoms with Crippen LogP contribution in [-0.4, -0.2) is 5.11 Å². The number of phenols is 1. The van der Waals surface area contributed by atoms with Crippen LogP contribution in [0.25, 0.3) is 0 Å². The van der Waals surface area contributed by atoms with Crippen LogP contribution in [0.15, 0.2) is 47.4 Å². The van der Waals surface area contributed by atoms with Gasteiger partial charge in [-0.15, -0.1) is 12.6 Å². The van der Waals surface area contributed by atoms with Gasteiger partial charge in [-0.3, -0.25) is 5.84 Å². The smallest absolute Gasteiger partial charge is 0.121 e. The lowest BCUT2D eigenvalue weighted by Crippen LogP contribution is -2.07. The van der Waals surface area contributed by atoms with Gasteiger partial charge in [0, 0.05) is 4.90 Å². The van der Waals surface area contributed by atoms with Crippen LogP contribution in [0, 0.1) is 0 Å². The van der Waals surface area contributed by atoms with Gasteiger partial charge in [-0.25, -0.2) is 0 Å². The van der Waals surface area contributed by atoms with E-state index in [1.807, 2.05) is 18.2 Å². The highest BCUT2D eigenvalue weighted by molar-refractivity contribution is 7.80. The van der Waals surface area contributed by atoms with Crippen LogP contribution >= 0.6 is 12.6 Å². The maximum Gasteiger partial charge on any atom is 0.121 e. The van der Waals surface area contributed by atoms with E-state index in [1.54, 1.807) is 24.3 Å². The van der Waals surface area contributed by atoms with Crippen LogP contribution in [0.3, 0.4) is 0 Å². The second kappa shape index (κ2) is 5.66. The van der Waals surface area contributed by atoms with Gasteiger partial charge in [-0.1, -0.05) is 12.1 Å². The topological polar surface area (TPSA) is 67.5 Å². The Balaban J connectivity index is 2.02. The molecule has 0 bridgehead atoms. The Morgan fingerprint density at radius 3 is 2.50 bits per heavy atom. The van der Waals surface area contributed by atoms with E-state index in [0.29, 0.717) is 12.4 Å². The number of ether oxygens (including phenoxy) is 1. The molecule has 94 valence electrons. The van der Waals surface area contributed by atoms with E-state index in [-0.39, 0.29) is 5.75 Å². The Labute approximate surface area is 111 Å². The molecule has 0 aliphatic carbocycles. The van der Waals surface area contributed by atoms with E-state index >= 15 is 0 Å². The summed E-state index contributed by atoms with van der Waals surface area (Å²) in [4.78, 5) is 0.723. The van der Waals surface area contributed by atoms with E-state index in [0.717, 1.165) is 16.1 Å². The van der Waals surface area contributed by atoms with Gasteiger partial charge in [0.15, 0.2) is 0 Å². The number of anilines is 1. The first-order valence-corrected chi connectivity index (χ1v) is 5.84. The molecule has 0 saturated carbocycles. The normalized spacial score (nSPS) is 10.1. The van der Waals surface area contributed by atoms with E-state index in [9.17, 15) is 0 Å². The first-order valence-electron chi connectivity index (χ1n) is 5.39. The summed E-state index contributed by atoms with van der Waals surface area (Å²) in [6.45, 7) is 0.433. The van der Waals surface area contributed by atoms with Gasteiger partial charge in [-0.05, 0) is 35.9 Å². The molecular formula is C13H14N2O2S. The predicted octanol–water partition coefficient (Wildman–Crippen LogP) is 2.55. The highest BCUT2D eigenvalue weighted by Crippen LogP contribution is 2.25. The number of nitrogens with one attached hydrogen (secondary N) is 1. The fourth-order valence-corrected chi connectivity index (χ4v) is 1.75. The van der Waals surface area contributed by atoms with Crippen molar-refractivity contribution in [3.8, 4) is 11.5 Å². The van der Waals surface area contributed by atoms with Gasteiger partial charge in [0.2, 0.25) is 0 Å². The minimum absolute atomic E-state index is 0.245. The second-order valence-electron chi connectivity index (χ2n) is 3.78. The van der Waals surface area contributed by atoms with E-state index < -0.39 is 0 Å². The quantitative estimate of drug-likeness (QED) is 0.388. The SMILES string of the molecule is NNc1ccc(OCc2ccc(O)cc2)cc1S. The molecule has 0 heterocycles. The van der Waals surface area contributed by atoms with Crippen molar-refractivity contribution in [2.45, 2.75) is 11.5 Å². The molecule has 0 fully saturated rings. The van der Waals surface area contributed by atoms with Crippen LogP contribution in [0.1, 0.15) is 5.56 Å². The fraction of sp³-hybridized carbons (Fsp3) is 0.0769. The maximum absolute atomic E-state index is 9.17. The van der Waals surface area contributed by atoms with Gasteiger partial charge in [-0.2, -0.15) is 0 Å². The standard InChI is InChI=1S/C13H14N2O2S/c14-15-12-6-5-11(7-13(12)18)17-8-9-1-3-10(16)4-2-9/h1-7,15-16,18H,8,14H2. The van der Waals surface area contributed by atoms with Crippen molar-refractivity contribution in [3.63, 3.8) is 0 Å². The van der Waals surface area contributed by atoms with Gasteiger partial charge >= 0.3 is 0 Å². The van der Waals surface area contributed by atoms with Gasteiger partial charge in [0.05, 0.1) is 5.69 Å². The molecule has 0 aromatic heterocycles. The first kappa shape index (κ1) is 12.6. The number of nitrogen functional groups attached to an aromatic ring is 1. The summed E-state index contributed by atoms with van der Waals surface area (Å²) in [5.41, 5.74) is 4.27. The number of hydrazine groups is 1. The van der Waals surface area contributed by atoms with Crippen molar-refractivity contribution >= 4 is 18.3 Å². The van der Waals surface area contributed by atoms with E-state index in [1.165, 1.54) is 0 Å². The zero-order valence-corrected chi connectivity index (χ0v) is 10.5. The molecule has 2 aromatic carbocycles. The summed E-state index contributed by atoms with van der Waals surface area (Å²) in [6.07, 6.45) is 0. The monoisotopic (exact) mass is 262 g/mol. The third kappa shape index (κ3) is 3.09. The van der Waals surface area contributed by atoms with Crippen molar-refractivity contribution in [1.29, 1.82) is 0 Å². The van der Waals surface area contributed by atoms with Crippen molar-refractivity contribution in [1.82, 2.24) is 0 Å². The molecule has 0 aliphatic heterocycles. The number of phenolic OH excluding ortho intramolecular Hbond substituents is 1. The largest absolute Gasteiger partial charge is 0.508 e. The summed E-state index contributed by atoms with van der Waals surface area (Å²) >= 11 is 4.29. The average molecular weight is 262 g/mol. The Kier molecular flexibility index (Phi) is 3.96. The van der Waals surface area contributed by atoms with E-state index in [4.69, 9.17) is 15.7 Å².